The molecular weight excluding hydrogens is 280 g/mol. The molecule has 3 N–H and O–H groups in total. The van der Waals surface area contributed by atoms with Crippen LogP contribution in [-0.4, -0.2) is 47.1 Å². The number of nitrogens with zero attached hydrogens (tertiary/aromatic N) is 4. The van der Waals surface area contributed by atoms with Gasteiger partial charge in [-0.25, -0.2) is 14.3 Å². The predicted octanol–water partition coefficient (Wildman–Crippen LogP) is 0.856. The van der Waals surface area contributed by atoms with Crippen molar-refractivity contribution in [1.82, 2.24) is 19.7 Å². The number of carboxylic acids is 2. The van der Waals surface area contributed by atoms with Gasteiger partial charge in [-0.15, -0.1) is 5.10 Å². The summed E-state index contributed by atoms with van der Waals surface area (Å²) >= 11 is 0. The topological polar surface area (TPSA) is 130 Å². The number of carbonyl (C=O) groups is 2. The van der Waals surface area contributed by atoms with Gasteiger partial charge in [-0.3, -0.25) is 0 Å². The van der Waals surface area contributed by atoms with E-state index >= 15 is 0 Å². The first kappa shape index (κ1) is 12.7. The maximum Gasteiger partial charge on any atom is 0.358 e. The van der Waals surface area contributed by atoms with Gasteiger partial charge in [0.2, 0.25) is 0 Å². The van der Waals surface area contributed by atoms with Crippen LogP contribution in [-0.2, 0) is 0 Å². The van der Waals surface area contributed by atoms with Crippen molar-refractivity contribution in [1.29, 1.82) is 0 Å². The van der Waals surface area contributed by atoms with Gasteiger partial charge in [0.1, 0.15) is 0 Å². The van der Waals surface area contributed by atoms with Crippen molar-refractivity contribution in [3.63, 3.8) is 0 Å². The Morgan fingerprint density at radius 2 is 1.86 bits per heavy atom. The van der Waals surface area contributed by atoms with Gasteiger partial charge >= 0.3 is 11.9 Å². The molecule has 0 atom stereocenters. The Kier molecular flexibility index (Phi) is 2.61. The summed E-state index contributed by atoms with van der Waals surface area (Å²) in [6.45, 7) is 0. The second-order valence-electron chi connectivity index (χ2n) is 4.24. The van der Waals surface area contributed by atoms with Crippen molar-refractivity contribution >= 4 is 22.8 Å². The van der Waals surface area contributed by atoms with E-state index in [0.717, 1.165) is 0 Å². The Bertz CT molecular complexity index is 879. The second kappa shape index (κ2) is 4.34. The fraction of sp³-hybridized carbons (Fsp3) is 0. The molecule has 0 saturated heterocycles. The highest BCUT2D eigenvalue weighted by Gasteiger charge is 2.15. The minimum atomic E-state index is -1.26. The monoisotopic (exact) mass is 288 g/mol. The lowest BCUT2D eigenvalue weighted by Gasteiger charge is -2.01. The van der Waals surface area contributed by atoms with Gasteiger partial charge in [-0.05, 0) is 24.3 Å². The van der Waals surface area contributed by atoms with Crippen molar-refractivity contribution in [3.8, 4) is 5.69 Å². The van der Waals surface area contributed by atoms with E-state index in [2.05, 4.69) is 10.3 Å². The van der Waals surface area contributed by atoms with Gasteiger partial charge in [0.25, 0.3) is 0 Å². The molecule has 21 heavy (non-hydrogen) atoms. The Labute approximate surface area is 116 Å². The van der Waals surface area contributed by atoms with E-state index in [1.807, 2.05) is 0 Å². The number of hydrogen-bond acceptors (Lipinski definition) is 5. The number of hydrogen-bond donors (Lipinski definition) is 3. The molecule has 3 aromatic rings. The Morgan fingerprint density at radius 1 is 1.10 bits per heavy atom. The first-order valence-electron chi connectivity index (χ1n) is 5.71. The molecule has 0 aliphatic heterocycles. The molecule has 9 nitrogen and oxygen atoms in total. The lowest BCUT2D eigenvalue weighted by Crippen LogP contribution is -2.04. The first-order valence-corrected chi connectivity index (χ1v) is 5.71. The fourth-order valence-corrected chi connectivity index (χ4v) is 1.97. The first-order chi connectivity index (χ1) is 9.97. The standard InChI is InChI=1S/C12H8N4O5/c17-11(18)8-5-15(14-13-8)7-1-2-9-6(3-7)4-10(12(19)20)16(9)21/h1-5,21H,(H,17,18)(H,19,20). The largest absolute Gasteiger partial charge is 0.476 e. The van der Waals surface area contributed by atoms with Crippen molar-refractivity contribution in [2.75, 3.05) is 0 Å². The number of carboxylic acid groups (broad SMARTS) is 2. The Morgan fingerprint density at radius 3 is 2.48 bits per heavy atom. The zero-order chi connectivity index (χ0) is 15.1. The van der Waals surface area contributed by atoms with Crippen LogP contribution in [0.4, 0.5) is 0 Å². The zero-order valence-corrected chi connectivity index (χ0v) is 10.3. The SMILES string of the molecule is O=C(O)c1cn(-c2ccc3c(c2)cc(C(=O)O)n3O)nn1. The molecule has 2 aromatic heterocycles. The van der Waals surface area contributed by atoms with Crippen LogP contribution in [0.15, 0.2) is 30.5 Å². The molecule has 0 bridgehead atoms. The fourth-order valence-electron chi connectivity index (χ4n) is 1.97. The average Bonchev–Trinajstić information content (AvgIpc) is 3.04. The van der Waals surface area contributed by atoms with E-state index in [0.29, 0.717) is 21.3 Å². The molecule has 0 aliphatic carbocycles. The minimum Gasteiger partial charge on any atom is -0.476 e. The molecule has 0 saturated carbocycles. The third-order valence-corrected chi connectivity index (χ3v) is 2.96. The summed E-state index contributed by atoms with van der Waals surface area (Å²) in [7, 11) is 0. The van der Waals surface area contributed by atoms with Crippen LogP contribution in [0.25, 0.3) is 16.6 Å². The molecule has 0 aliphatic rings. The van der Waals surface area contributed by atoms with Crippen LogP contribution >= 0.6 is 0 Å². The van der Waals surface area contributed by atoms with Gasteiger partial charge in [-0.2, -0.15) is 4.73 Å². The summed E-state index contributed by atoms with van der Waals surface area (Å²) in [5.74, 6) is -2.46. The van der Waals surface area contributed by atoms with E-state index < -0.39 is 11.9 Å². The smallest absolute Gasteiger partial charge is 0.358 e. The van der Waals surface area contributed by atoms with E-state index in [-0.39, 0.29) is 11.4 Å². The normalized spacial score (nSPS) is 10.9. The maximum atomic E-state index is 11.0. The Hall–Kier alpha value is -3.36. The lowest BCUT2D eigenvalue weighted by atomic mass is 10.2. The molecule has 0 amide bonds. The summed E-state index contributed by atoms with van der Waals surface area (Å²) in [5, 5.41) is 35.1. The molecule has 3 rings (SSSR count). The maximum absolute atomic E-state index is 11.0. The summed E-state index contributed by atoms with van der Waals surface area (Å²) in [4.78, 5) is 21.7. The molecule has 2 heterocycles. The van der Waals surface area contributed by atoms with Crippen LogP contribution < -0.4 is 0 Å². The number of fused-ring (bicyclic) bond motifs is 1. The van der Waals surface area contributed by atoms with Crippen molar-refractivity contribution in [3.05, 3.63) is 41.9 Å². The summed E-state index contributed by atoms with van der Waals surface area (Å²) < 4.78 is 1.82. The van der Waals surface area contributed by atoms with Gasteiger partial charge in [0.15, 0.2) is 11.4 Å². The number of rotatable bonds is 3. The van der Waals surface area contributed by atoms with E-state index in [4.69, 9.17) is 10.2 Å². The molecule has 106 valence electrons. The summed E-state index contributed by atoms with van der Waals surface area (Å²) in [6.07, 6.45) is 1.23. The molecule has 0 fully saturated rings. The van der Waals surface area contributed by atoms with E-state index in [1.165, 1.54) is 23.0 Å². The van der Waals surface area contributed by atoms with Crippen LogP contribution in [0.2, 0.25) is 0 Å². The third kappa shape index (κ3) is 1.96. The average molecular weight is 288 g/mol. The Balaban J connectivity index is 2.12. The highest BCUT2D eigenvalue weighted by atomic mass is 16.5. The van der Waals surface area contributed by atoms with Gasteiger partial charge < -0.3 is 15.4 Å². The number of aromatic carboxylic acids is 2. The van der Waals surface area contributed by atoms with E-state index in [9.17, 15) is 14.8 Å². The highest BCUT2D eigenvalue weighted by molar-refractivity contribution is 5.94. The molecule has 0 unspecified atom stereocenters. The van der Waals surface area contributed by atoms with Gasteiger partial charge in [0, 0.05) is 5.39 Å². The van der Waals surface area contributed by atoms with Crippen molar-refractivity contribution < 1.29 is 25.0 Å². The second-order valence-corrected chi connectivity index (χ2v) is 4.24. The molecule has 0 spiro atoms. The van der Waals surface area contributed by atoms with Crippen LogP contribution in [0, 0.1) is 0 Å². The molecular formula is C12H8N4O5. The van der Waals surface area contributed by atoms with Crippen LogP contribution in [0.1, 0.15) is 21.0 Å². The number of benzene rings is 1. The van der Waals surface area contributed by atoms with Crippen molar-refractivity contribution in [2.24, 2.45) is 0 Å². The molecule has 1 aromatic carbocycles. The van der Waals surface area contributed by atoms with Crippen LogP contribution in [0.5, 0.6) is 0 Å². The van der Waals surface area contributed by atoms with Crippen LogP contribution in [0.3, 0.4) is 0 Å². The quantitative estimate of drug-likeness (QED) is 0.609. The van der Waals surface area contributed by atoms with Gasteiger partial charge in [-0.1, -0.05) is 5.21 Å². The number of aromatic nitrogens is 4. The molecule has 9 heteroatoms. The van der Waals surface area contributed by atoms with Crippen molar-refractivity contribution in [2.45, 2.75) is 0 Å². The van der Waals surface area contributed by atoms with Gasteiger partial charge in [0.05, 0.1) is 17.4 Å². The summed E-state index contributed by atoms with van der Waals surface area (Å²) in [6, 6.07) is 5.92. The lowest BCUT2D eigenvalue weighted by molar-refractivity contribution is 0.0646. The zero-order valence-electron chi connectivity index (χ0n) is 10.3. The summed E-state index contributed by atoms with van der Waals surface area (Å²) in [5.41, 5.74) is 0.327. The molecule has 0 radical (unpaired) electrons. The highest BCUT2D eigenvalue weighted by Crippen LogP contribution is 2.21. The predicted molar refractivity (Wildman–Crippen MR) is 68.0 cm³/mol. The third-order valence-electron chi connectivity index (χ3n) is 2.96. The minimum absolute atomic E-state index is 0.207. The van der Waals surface area contributed by atoms with E-state index in [1.54, 1.807) is 12.1 Å².